The molecule has 144 valence electrons. The van der Waals surface area contributed by atoms with Gasteiger partial charge in [-0.05, 0) is 54.8 Å². The van der Waals surface area contributed by atoms with Gasteiger partial charge in [-0.25, -0.2) is 0 Å². The van der Waals surface area contributed by atoms with Gasteiger partial charge in [-0.15, -0.1) is 0 Å². The smallest absolute Gasteiger partial charge is 0.0749 e. The predicted octanol–water partition coefficient (Wildman–Crippen LogP) is 8.75. The van der Waals surface area contributed by atoms with Crippen LogP contribution in [0.4, 0.5) is 5.69 Å². The number of nitrogens with one attached hydrogen (secondary N) is 1. The van der Waals surface area contributed by atoms with Crippen LogP contribution in [0, 0.1) is 0 Å². The third-order valence-corrected chi connectivity index (χ3v) is 5.24. The normalized spacial score (nSPS) is 12.0. The number of halogens is 4. The zero-order chi connectivity index (χ0) is 19.6. The summed E-state index contributed by atoms with van der Waals surface area (Å²) in [5.74, 6) is 0. The van der Waals surface area contributed by atoms with Crippen LogP contribution in [0.5, 0.6) is 0 Å². The van der Waals surface area contributed by atoms with Gasteiger partial charge in [-0.3, -0.25) is 5.43 Å². The number of unbranched alkanes of at least 4 members (excludes halogenated alkanes) is 3. The van der Waals surface area contributed by atoms with Gasteiger partial charge < -0.3 is 0 Å². The minimum absolute atomic E-state index is 0.532. The fourth-order valence-electron chi connectivity index (χ4n) is 2.43. The van der Waals surface area contributed by atoms with E-state index in [1.807, 2.05) is 30.4 Å². The van der Waals surface area contributed by atoms with E-state index in [-0.39, 0.29) is 0 Å². The maximum atomic E-state index is 6.20. The molecule has 0 fully saturated rings. The van der Waals surface area contributed by atoms with Gasteiger partial charge in [-0.2, -0.15) is 5.10 Å². The lowest BCUT2D eigenvalue weighted by Gasteiger charge is -2.07. The van der Waals surface area contributed by atoms with E-state index in [4.69, 9.17) is 46.4 Å². The number of rotatable bonds is 9. The Kier molecular flexibility index (Phi) is 9.50. The Morgan fingerprint density at radius 2 is 1.74 bits per heavy atom. The second kappa shape index (κ2) is 11.6. The molecule has 1 N–H and O–H groups in total. The topological polar surface area (TPSA) is 24.4 Å². The highest BCUT2D eigenvalue weighted by Crippen LogP contribution is 2.26. The first kappa shape index (κ1) is 22.1. The summed E-state index contributed by atoms with van der Waals surface area (Å²) in [6.45, 7) is 2.20. The van der Waals surface area contributed by atoms with E-state index >= 15 is 0 Å². The lowest BCUT2D eigenvalue weighted by atomic mass is 10.1. The maximum absolute atomic E-state index is 6.20. The Bertz CT molecular complexity index is 816. The monoisotopic (exact) mass is 442 g/mol. The number of hydrogen-bond acceptors (Lipinski definition) is 2. The van der Waals surface area contributed by atoms with Gasteiger partial charge in [0.25, 0.3) is 0 Å². The fraction of sp³-hybridized carbons (Fsp3) is 0.286. The highest BCUT2D eigenvalue weighted by molar-refractivity contribution is 6.42. The minimum Gasteiger partial charge on any atom is -0.277 e. The summed E-state index contributed by atoms with van der Waals surface area (Å²) in [7, 11) is 0. The van der Waals surface area contributed by atoms with Gasteiger partial charge >= 0.3 is 0 Å². The van der Waals surface area contributed by atoms with E-state index in [0.29, 0.717) is 20.1 Å². The Hall–Kier alpha value is -1.19. The van der Waals surface area contributed by atoms with Crippen molar-refractivity contribution in [2.24, 2.45) is 5.10 Å². The van der Waals surface area contributed by atoms with Gasteiger partial charge in [0.15, 0.2) is 0 Å². The zero-order valence-corrected chi connectivity index (χ0v) is 18.1. The molecule has 0 spiro atoms. The van der Waals surface area contributed by atoms with Crippen LogP contribution < -0.4 is 5.43 Å². The molecule has 27 heavy (non-hydrogen) atoms. The number of nitrogens with zero attached hydrogens (tertiary/aromatic N) is 1. The molecule has 2 aromatic carbocycles. The number of hydrazone groups is 1. The van der Waals surface area contributed by atoms with Crippen LogP contribution in [0.15, 0.2) is 47.6 Å². The van der Waals surface area contributed by atoms with Crippen LogP contribution in [0.3, 0.4) is 0 Å². The number of allylic oxidation sites excluding steroid dienone is 1. The summed E-state index contributed by atoms with van der Waals surface area (Å²) in [4.78, 5) is 0. The summed E-state index contributed by atoms with van der Waals surface area (Å²) in [6, 6.07) is 10.8. The third-order valence-electron chi connectivity index (χ3n) is 3.95. The lowest BCUT2D eigenvalue weighted by Crippen LogP contribution is -2.00. The van der Waals surface area contributed by atoms with Crippen molar-refractivity contribution in [3.8, 4) is 0 Å². The summed E-state index contributed by atoms with van der Waals surface area (Å²) >= 11 is 24.2. The van der Waals surface area contributed by atoms with Crippen molar-refractivity contribution >= 4 is 63.9 Å². The molecule has 6 heteroatoms. The molecule has 0 unspecified atom stereocenters. The second-order valence-electron chi connectivity index (χ2n) is 6.16. The highest BCUT2D eigenvalue weighted by atomic mass is 35.5. The average molecular weight is 444 g/mol. The van der Waals surface area contributed by atoms with Gasteiger partial charge in [0, 0.05) is 5.02 Å². The zero-order valence-electron chi connectivity index (χ0n) is 15.1. The Balaban J connectivity index is 2.13. The van der Waals surface area contributed by atoms with Gasteiger partial charge in [0.05, 0.1) is 26.5 Å². The van der Waals surface area contributed by atoms with Crippen LogP contribution >= 0.6 is 46.4 Å². The van der Waals surface area contributed by atoms with Crippen molar-refractivity contribution in [1.29, 1.82) is 0 Å². The summed E-state index contributed by atoms with van der Waals surface area (Å²) in [5, 5.41) is 6.73. The van der Waals surface area contributed by atoms with Crippen LogP contribution in [-0.2, 0) is 0 Å². The quantitative estimate of drug-likeness (QED) is 0.233. The molecule has 0 saturated heterocycles. The van der Waals surface area contributed by atoms with Crippen molar-refractivity contribution in [3.63, 3.8) is 0 Å². The van der Waals surface area contributed by atoms with Crippen molar-refractivity contribution in [1.82, 2.24) is 0 Å². The molecule has 0 atom stereocenters. The third kappa shape index (κ3) is 7.75. The van der Waals surface area contributed by atoms with E-state index < -0.39 is 0 Å². The van der Waals surface area contributed by atoms with Crippen LogP contribution in [0.25, 0.3) is 6.08 Å². The molecule has 2 nitrogen and oxygen atoms in total. The predicted molar refractivity (Wildman–Crippen MR) is 122 cm³/mol. The number of hydrogen-bond donors (Lipinski definition) is 1. The molecular formula is C21H22Cl4N2. The molecule has 0 aliphatic rings. The summed E-state index contributed by atoms with van der Waals surface area (Å²) < 4.78 is 0. The first-order valence-electron chi connectivity index (χ1n) is 8.90. The van der Waals surface area contributed by atoms with Crippen molar-refractivity contribution in [2.45, 2.75) is 39.0 Å². The van der Waals surface area contributed by atoms with Crippen LogP contribution in [-0.4, -0.2) is 5.71 Å². The van der Waals surface area contributed by atoms with E-state index in [0.717, 1.165) is 29.8 Å². The molecule has 0 heterocycles. The molecule has 0 aromatic heterocycles. The van der Waals surface area contributed by atoms with Crippen molar-refractivity contribution < 1.29 is 0 Å². The van der Waals surface area contributed by atoms with Gasteiger partial charge in [-0.1, -0.05) is 84.7 Å². The van der Waals surface area contributed by atoms with Gasteiger partial charge in [0.1, 0.15) is 0 Å². The first-order chi connectivity index (χ1) is 13.0. The molecule has 0 aliphatic carbocycles. The van der Waals surface area contributed by atoms with E-state index in [1.54, 1.807) is 18.2 Å². The summed E-state index contributed by atoms with van der Waals surface area (Å²) in [6.07, 6.45) is 9.51. The van der Waals surface area contributed by atoms with Crippen LogP contribution in [0.1, 0.15) is 44.6 Å². The van der Waals surface area contributed by atoms with Gasteiger partial charge in [0.2, 0.25) is 0 Å². The molecular weight excluding hydrogens is 422 g/mol. The molecule has 0 radical (unpaired) electrons. The van der Waals surface area contributed by atoms with E-state index in [1.165, 1.54) is 19.3 Å². The minimum atomic E-state index is 0.532. The molecule has 2 aromatic rings. The molecule has 0 aliphatic heterocycles. The Morgan fingerprint density at radius 1 is 0.926 bits per heavy atom. The SMILES string of the molecule is CCCCCCC(/C=C\c1ccc(Cl)c(Cl)c1)=N\Nc1ccc(Cl)cc1Cl. The molecule has 0 saturated carbocycles. The standard InChI is InChI=1S/C21H22Cl4N2/c1-2-3-4-5-6-17(10-7-15-8-11-18(23)19(24)13-15)26-27-21-12-9-16(22)14-20(21)25/h7-14,27H,2-6H2,1H3/b10-7-,26-17+. The molecule has 0 amide bonds. The lowest BCUT2D eigenvalue weighted by molar-refractivity contribution is 0.683. The van der Waals surface area contributed by atoms with Crippen molar-refractivity contribution in [2.75, 3.05) is 5.43 Å². The largest absolute Gasteiger partial charge is 0.277 e. The highest BCUT2D eigenvalue weighted by Gasteiger charge is 2.02. The second-order valence-corrected chi connectivity index (χ2v) is 7.81. The average Bonchev–Trinajstić information content (AvgIpc) is 2.64. The van der Waals surface area contributed by atoms with Crippen molar-refractivity contribution in [3.05, 3.63) is 68.1 Å². The van der Waals surface area contributed by atoms with E-state index in [9.17, 15) is 0 Å². The number of benzene rings is 2. The molecule has 0 bridgehead atoms. The molecule has 2 rings (SSSR count). The first-order valence-corrected chi connectivity index (χ1v) is 10.4. The fourth-order valence-corrected chi connectivity index (χ4v) is 3.19. The number of anilines is 1. The van der Waals surface area contributed by atoms with E-state index in [2.05, 4.69) is 17.5 Å². The Morgan fingerprint density at radius 3 is 2.44 bits per heavy atom. The maximum Gasteiger partial charge on any atom is 0.0749 e. The Labute approximate surface area is 181 Å². The van der Waals surface area contributed by atoms with Crippen LogP contribution in [0.2, 0.25) is 20.1 Å². The summed E-state index contributed by atoms with van der Waals surface area (Å²) in [5.41, 5.74) is 5.66.